The van der Waals surface area contributed by atoms with Gasteiger partial charge in [-0.25, -0.2) is 14.2 Å². The predicted molar refractivity (Wildman–Crippen MR) is 62.2 cm³/mol. The van der Waals surface area contributed by atoms with Crippen LogP contribution in [0.3, 0.4) is 0 Å². The Bertz CT molecular complexity index is 556. The molecule has 3 nitrogen and oxygen atoms in total. The number of hydrogen-bond donors (Lipinski definition) is 1. The van der Waals surface area contributed by atoms with Gasteiger partial charge in [-0.1, -0.05) is 6.07 Å². The van der Waals surface area contributed by atoms with E-state index in [1.165, 1.54) is 5.38 Å². The van der Waals surface area contributed by atoms with Gasteiger partial charge in [0.25, 0.3) is 0 Å². The Kier molecular flexibility index (Phi) is 3.02. The third-order valence-corrected chi connectivity index (χ3v) is 3.39. The lowest BCUT2D eigenvalue weighted by atomic mass is 10.2. The molecule has 0 unspecified atom stereocenters. The van der Waals surface area contributed by atoms with E-state index in [-0.39, 0.29) is 5.69 Å². The Hall–Kier alpha value is -1.27. The minimum absolute atomic E-state index is 0.0700. The van der Waals surface area contributed by atoms with Crippen molar-refractivity contribution in [1.82, 2.24) is 4.98 Å². The van der Waals surface area contributed by atoms with Gasteiger partial charge in [0.2, 0.25) is 0 Å². The summed E-state index contributed by atoms with van der Waals surface area (Å²) in [6.45, 7) is 0. The summed E-state index contributed by atoms with van der Waals surface area (Å²) in [7, 11) is 0. The molecule has 16 heavy (non-hydrogen) atoms. The molecule has 0 fully saturated rings. The van der Waals surface area contributed by atoms with E-state index in [4.69, 9.17) is 5.11 Å². The molecule has 2 aromatic rings. The van der Waals surface area contributed by atoms with E-state index in [9.17, 15) is 9.18 Å². The van der Waals surface area contributed by atoms with Gasteiger partial charge in [0, 0.05) is 10.9 Å². The van der Waals surface area contributed by atoms with Gasteiger partial charge < -0.3 is 5.11 Å². The second-order valence-electron chi connectivity index (χ2n) is 2.94. The van der Waals surface area contributed by atoms with Crippen molar-refractivity contribution in [3.8, 4) is 10.6 Å². The van der Waals surface area contributed by atoms with Crippen LogP contribution in [0.2, 0.25) is 0 Å². The number of benzene rings is 1. The van der Waals surface area contributed by atoms with E-state index in [1.54, 1.807) is 18.2 Å². The number of aromatic nitrogens is 1. The minimum Gasteiger partial charge on any atom is -0.476 e. The highest BCUT2D eigenvalue weighted by atomic mass is 79.9. The molecular weight excluding hydrogens is 297 g/mol. The van der Waals surface area contributed by atoms with Crippen LogP contribution in [0.5, 0.6) is 0 Å². The van der Waals surface area contributed by atoms with Crippen molar-refractivity contribution in [1.29, 1.82) is 0 Å². The van der Waals surface area contributed by atoms with Gasteiger partial charge in [-0.15, -0.1) is 11.3 Å². The molecule has 1 aromatic carbocycles. The van der Waals surface area contributed by atoms with Gasteiger partial charge >= 0.3 is 5.97 Å². The van der Waals surface area contributed by atoms with E-state index in [2.05, 4.69) is 20.9 Å². The van der Waals surface area contributed by atoms with Crippen molar-refractivity contribution >= 4 is 33.2 Å². The first kappa shape index (κ1) is 11.2. The molecule has 0 amide bonds. The molecule has 82 valence electrons. The molecular formula is C10H5BrFNO2S. The lowest BCUT2D eigenvalue weighted by Gasteiger charge is -1.99. The van der Waals surface area contributed by atoms with Crippen molar-refractivity contribution in [2.45, 2.75) is 0 Å². The molecule has 0 aliphatic rings. The topological polar surface area (TPSA) is 50.2 Å². The Morgan fingerprint density at radius 3 is 2.88 bits per heavy atom. The fourth-order valence-corrected chi connectivity index (χ4v) is 2.34. The van der Waals surface area contributed by atoms with Crippen molar-refractivity contribution < 1.29 is 14.3 Å². The highest BCUT2D eigenvalue weighted by Crippen LogP contribution is 2.29. The maximum Gasteiger partial charge on any atom is 0.355 e. The van der Waals surface area contributed by atoms with Crippen LogP contribution >= 0.6 is 27.3 Å². The number of carboxylic acid groups (broad SMARTS) is 1. The number of hydrogen-bond acceptors (Lipinski definition) is 3. The second kappa shape index (κ2) is 4.31. The van der Waals surface area contributed by atoms with Crippen LogP contribution in [0.25, 0.3) is 10.6 Å². The summed E-state index contributed by atoms with van der Waals surface area (Å²) in [6.07, 6.45) is 0. The molecule has 1 N–H and O–H groups in total. The van der Waals surface area contributed by atoms with Crippen LogP contribution in [0.4, 0.5) is 4.39 Å². The van der Waals surface area contributed by atoms with Crippen LogP contribution in [-0.2, 0) is 0 Å². The van der Waals surface area contributed by atoms with Crippen molar-refractivity contribution in [3.05, 3.63) is 39.6 Å². The minimum atomic E-state index is -1.11. The number of carboxylic acids is 1. The Morgan fingerprint density at radius 1 is 1.50 bits per heavy atom. The predicted octanol–water partition coefficient (Wildman–Crippen LogP) is 3.41. The number of rotatable bonds is 2. The molecule has 6 heteroatoms. The van der Waals surface area contributed by atoms with Crippen LogP contribution in [-0.4, -0.2) is 16.1 Å². The first-order valence-electron chi connectivity index (χ1n) is 4.23. The Balaban J connectivity index is 2.50. The molecule has 2 rings (SSSR count). The zero-order valence-corrected chi connectivity index (χ0v) is 10.2. The van der Waals surface area contributed by atoms with E-state index < -0.39 is 11.8 Å². The van der Waals surface area contributed by atoms with Gasteiger partial charge in [0.05, 0.1) is 4.47 Å². The maximum absolute atomic E-state index is 13.7. The molecule has 0 radical (unpaired) electrons. The quantitative estimate of drug-likeness (QED) is 0.925. The van der Waals surface area contributed by atoms with E-state index in [0.29, 0.717) is 15.0 Å². The molecule has 0 atom stereocenters. The molecule has 0 saturated heterocycles. The van der Waals surface area contributed by atoms with E-state index >= 15 is 0 Å². The first-order valence-corrected chi connectivity index (χ1v) is 5.90. The van der Waals surface area contributed by atoms with Crippen LogP contribution in [0.1, 0.15) is 10.5 Å². The smallest absolute Gasteiger partial charge is 0.355 e. The van der Waals surface area contributed by atoms with Gasteiger partial charge in [-0.2, -0.15) is 0 Å². The van der Waals surface area contributed by atoms with Crippen molar-refractivity contribution in [2.24, 2.45) is 0 Å². The number of halogens is 2. The number of aromatic carboxylic acids is 1. The lowest BCUT2D eigenvalue weighted by molar-refractivity contribution is 0.0691. The third-order valence-electron chi connectivity index (χ3n) is 1.91. The molecule has 0 saturated carbocycles. The van der Waals surface area contributed by atoms with E-state index in [0.717, 1.165) is 11.3 Å². The monoisotopic (exact) mass is 301 g/mol. The normalized spacial score (nSPS) is 10.4. The summed E-state index contributed by atoms with van der Waals surface area (Å²) in [5, 5.41) is 10.5. The average Bonchev–Trinajstić information content (AvgIpc) is 2.71. The first-order chi connectivity index (χ1) is 7.59. The highest BCUT2D eigenvalue weighted by molar-refractivity contribution is 9.10. The lowest BCUT2D eigenvalue weighted by Crippen LogP contribution is -1.96. The standard InChI is InChI=1S/C10H5BrFNO2S/c11-6-3-1-2-5(8(6)12)9-13-7(4-16-9)10(14)15/h1-4H,(H,14,15). The highest BCUT2D eigenvalue weighted by Gasteiger charge is 2.14. The molecule has 1 heterocycles. The third kappa shape index (κ3) is 1.98. The van der Waals surface area contributed by atoms with Crippen LogP contribution < -0.4 is 0 Å². The zero-order chi connectivity index (χ0) is 11.7. The fourth-order valence-electron chi connectivity index (χ4n) is 1.16. The fraction of sp³-hybridized carbons (Fsp3) is 0. The van der Waals surface area contributed by atoms with Gasteiger partial charge in [-0.05, 0) is 28.1 Å². The van der Waals surface area contributed by atoms with Crippen LogP contribution in [0, 0.1) is 5.82 Å². The average molecular weight is 302 g/mol. The molecule has 0 aliphatic carbocycles. The molecule has 1 aromatic heterocycles. The largest absolute Gasteiger partial charge is 0.476 e. The molecule has 0 spiro atoms. The summed E-state index contributed by atoms with van der Waals surface area (Å²) in [5.41, 5.74) is 0.228. The van der Waals surface area contributed by atoms with Crippen LogP contribution in [0.15, 0.2) is 28.1 Å². The summed E-state index contributed by atoms with van der Waals surface area (Å²) in [6, 6.07) is 4.81. The molecule has 0 aliphatic heterocycles. The van der Waals surface area contributed by atoms with Gasteiger partial charge in [0.15, 0.2) is 5.69 Å². The summed E-state index contributed by atoms with van der Waals surface area (Å²) < 4.78 is 14.0. The second-order valence-corrected chi connectivity index (χ2v) is 4.66. The summed E-state index contributed by atoms with van der Waals surface area (Å²) >= 11 is 4.17. The number of carbonyl (C=O) groups is 1. The number of thiazole rings is 1. The Morgan fingerprint density at radius 2 is 2.25 bits per heavy atom. The van der Waals surface area contributed by atoms with Crippen molar-refractivity contribution in [3.63, 3.8) is 0 Å². The molecule has 0 bridgehead atoms. The maximum atomic E-state index is 13.7. The van der Waals surface area contributed by atoms with Crippen molar-refractivity contribution in [2.75, 3.05) is 0 Å². The van der Waals surface area contributed by atoms with E-state index in [1.807, 2.05) is 0 Å². The van der Waals surface area contributed by atoms with Gasteiger partial charge in [-0.3, -0.25) is 0 Å². The SMILES string of the molecule is O=C(O)c1csc(-c2cccc(Br)c2F)n1. The summed E-state index contributed by atoms with van der Waals surface area (Å²) in [5.74, 6) is -1.55. The number of nitrogens with zero attached hydrogens (tertiary/aromatic N) is 1. The zero-order valence-electron chi connectivity index (χ0n) is 7.78. The Labute approximate surface area is 103 Å². The summed E-state index contributed by atoms with van der Waals surface area (Å²) in [4.78, 5) is 14.5. The van der Waals surface area contributed by atoms with Gasteiger partial charge in [0.1, 0.15) is 10.8 Å².